The fourth-order valence-corrected chi connectivity index (χ4v) is 4.30. The second-order valence-corrected chi connectivity index (χ2v) is 8.85. The summed E-state index contributed by atoms with van der Waals surface area (Å²) < 4.78 is 14.4. The van der Waals surface area contributed by atoms with Gasteiger partial charge in [-0.3, -0.25) is 0 Å². The van der Waals surface area contributed by atoms with Gasteiger partial charge in [0.2, 0.25) is 0 Å². The number of hydrogen-bond donors (Lipinski definition) is 0. The van der Waals surface area contributed by atoms with Gasteiger partial charge in [0.1, 0.15) is 11.5 Å². The third kappa shape index (κ3) is 5.01. The summed E-state index contributed by atoms with van der Waals surface area (Å²) in [5.41, 5.74) is 0. The van der Waals surface area contributed by atoms with Crippen molar-refractivity contribution in [2.45, 2.75) is 52.4 Å². The molecule has 28 heavy (non-hydrogen) atoms. The van der Waals surface area contributed by atoms with Crippen molar-refractivity contribution < 1.29 is 9.47 Å². The van der Waals surface area contributed by atoms with Gasteiger partial charge in [-0.2, -0.15) is 0 Å². The van der Waals surface area contributed by atoms with Crippen molar-refractivity contribution in [3.8, 4) is 11.5 Å². The van der Waals surface area contributed by atoms with E-state index in [9.17, 15) is 0 Å². The molecule has 0 fully saturated rings. The Hall–Kier alpha value is -1.26. The van der Waals surface area contributed by atoms with Crippen molar-refractivity contribution >= 4 is 53.4 Å². The standard InChI is InChI=1S/C24H28Br2O2/c1-3-5-7-13-27-23-11-9-21(25)17-15-18-20(16-19(17)23)24(12-10-22(18)26)28-14-8-6-4-2/h9-12,15-16H,3-8,13-14H2,1-2H3. The summed E-state index contributed by atoms with van der Waals surface area (Å²) in [6.07, 6.45) is 6.95. The minimum Gasteiger partial charge on any atom is -0.493 e. The van der Waals surface area contributed by atoms with Gasteiger partial charge in [-0.1, -0.05) is 71.4 Å². The first-order valence-electron chi connectivity index (χ1n) is 10.3. The molecule has 0 N–H and O–H groups in total. The highest BCUT2D eigenvalue weighted by Crippen LogP contribution is 2.40. The summed E-state index contributed by atoms with van der Waals surface area (Å²) in [5, 5.41) is 4.55. The Morgan fingerprint density at radius 2 is 1.04 bits per heavy atom. The Bertz CT molecular complexity index is 864. The van der Waals surface area contributed by atoms with Crippen LogP contribution in [0, 0.1) is 0 Å². The maximum absolute atomic E-state index is 6.14. The second-order valence-electron chi connectivity index (χ2n) is 7.15. The van der Waals surface area contributed by atoms with Crippen LogP contribution in [0.5, 0.6) is 11.5 Å². The molecule has 3 aromatic carbocycles. The monoisotopic (exact) mass is 506 g/mol. The van der Waals surface area contributed by atoms with Gasteiger partial charge in [0.15, 0.2) is 0 Å². The third-order valence-electron chi connectivity index (χ3n) is 4.98. The first-order chi connectivity index (χ1) is 13.7. The molecule has 3 aromatic rings. The van der Waals surface area contributed by atoms with Gasteiger partial charge in [-0.15, -0.1) is 0 Å². The summed E-state index contributed by atoms with van der Waals surface area (Å²) in [6, 6.07) is 12.7. The highest BCUT2D eigenvalue weighted by Gasteiger charge is 2.12. The molecular weight excluding hydrogens is 480 g/mol. The molecule has 0 saturated heterocycles. The topological polar surface area (TPSA) is 18.5 Å². The third-order valence-corrected chi connectivity index (χ3v) is 6.36. The zero-order valence-corrected chi connectivity index (χ0v) is 19.9. The first kappa shape index (κ1) is 21.4. The number of rotatable bonds is 10. The molecule has 0 unspecified atom stereocenters. The summed E-state index contributed by atoms with van der Waals surface area (Å²) in [5.74, 6) is 1.88. The van der Waals surface area contributed by atoms with Gasteiger partial charge in [0, 0.05) is 30.5 Å². The molecular formula is C24H28Br2O2. The van der Waals surface area contributed by atoms with Crippen molar-refractivity contribution in [3.05, 3.63) is 45.3 Å². The molecule has 0 aliphatic carbocycles. The summed E-state index contributed by atoms with van der Waals surface area (Å²) in [4.78, 5) is 0. The zero-order valence-electron chi connectivity index (χ0n) is 16.7. The molecule has 2 nitrogen and oxygen atoms in total. The van der Waals surface area contributed by atoms with Gasteiger partial charge in [0.05, 0.1) is 13.2 Å². The van der Waals surface area contributed by atoms with E-state index in [2.05, 4.69) is 82.1 Å². The Labute approximate surface area is 184 Å². The minimum absolute atomic E-state index is 0.751. The van der Waals surface area contributed by atoms with Crippen LogP contribution >= 0.6 is 31.9 Å². The average Bonchev–Trinajstić information content (AvgIpc) is 2.71. The maximum Gasteiger partial charge on any atom is 0.127 e. The molecule has 4 heteroatoms. The van der Waals surface area contributed by atoms with Crippen molar-refractivity contribution in [2.75, 3.05) is 13.2 Å². The molecule has 0 amide bonds. The van der Waals surface area contributed by atoms with E-state index in [4.69, 9.17) is 9.47 Å². The van der Waals surface area contributed by atoms with Gasteiger partial charge in [-0.25, -0.2) is 0 Å². The molecule has 0 atom stereocenters. The number of benzene rings is 3. The molecule has 150 valence electrons. The molecule has 0 aliphatic rings. The first-order valence-corrected chi connectivity index (χ1v) is 11.8. The van der Waals surface area contributed by atoms with Gasteiger partial charge >= 0.3 is 0 Å². The smallest absolute Gasteiger partial charge is 0.127 e. The molecule has 3 rings (SSSR count). The predicted octanol–water partition coefficient (Wildman–Crippen LogP) is 8.66. The minimum atomic E-state index is 0.751. The summed E-state index contributed by atoms with van der Waals surface area (Å²) >= 11 is 7.42. The lowest BCUT2D eigenvalue weighted by molar-refractivity contribution is 0.309. The highest BCUT2D eigenvalue weighted by molar-refractivity contribution is 9.11. The number of ether oxygens (including phenoxy) is 2. The van der Waals surface area contributed by atoms with Crippen molar-refractivity contribution in [2.24, 2.45) is 0 Å². The lowest BCUT2D eigenvalue weighted by Crippen LogP contribution is -1.99. The van der Waals surface area contributed by atoms with E-state index in [-0.39, 0.29) is 0 Å². The SMILES string of the molecule is CCCCCOc1ccc(Br)c2cc3c(Br)ccc(OCCCCC)c3cc12. The predicted molar refractivity (Wildman–Crippen MR) is 127 cm³/mol. The molecule has 0 spiro atoms. The number of hydrogen-bond acceptors (Lipinski definition) is 2. The van der Waals surface area contributed by atoms with E-state index in [1.807, 2.05) is 0 Å². The second kappa shape index (κ2) is 10.5. The van der Waals surface area contributed by atoms with Crippen molar-refractivity contribution in [3.63, 3.8) is 0 Å². The van der Waals surface area contributed by atoms with Crippen LogP contribution in [0.25, 0.3) is 21.5 Å². The van der Waals surface area contributed by atoms with E-state index < -0.39 is 0 Å². The Kier molecular flexibility index (Phi) is 8.04. The molecule has 0 heterocycles. The van der Waals surface area contributed by atoms with Crippen LogP contribution < -0.4 is 9.47 Å². The molecule has 0 radical (unpaired) electrons. The van der Waals surface area contributed by atoms with Crippen molar-refractivity contribution in [1.29, 1.82) is 0 Å². The Morgan fingerprint density at radius 3 is 1.46 bits per heavy atom. The van der Waals surface area contributed by atoms with Crippen molar-refractivity contribution in [1.82, 2.24) is 0 Å². The van der Waals surface area contributed by atoms with Crippen LogP contribution in [0.3, 0.4) is 0 Å². The van der Waals surface area contributed by atoms with Crippen LogP contribution in [-0.2, 0) is 0 Å². The molecule has 0 saturated carbocycles. The van der Waals surface area contributed by atoms with Gasteiger partial charge < -0.3 is 9.47 Å². The lowest BCUT2D eigenvalue weighted by atomic mass is 10.0. The van der Waals surface area contributed by atoms with Gasteiger partial charge in [-0.05, 0) is 49.2 Å². The van der Waals surface area contributed by atoms with E-state index in [0.717, 1.165) is 68.0 Å². The van der Waals surface area contributed by atoms with E-state index in [1.165, 1.54) is 25.7 Å². The molecule has 0 aromatic heterocycles. The van der Waals surface area contributed by atoms with Crippen LogP contribution in [0.1, 0.15) is 52.4 Å². The summed E-state index contributed by atoms with van der Waals surface area (Å²) in [7, 11) is 0. The molecule has 0 bridgehead atoms. The van der Waals surface area contributed by atoms with E-state index >= 15 is 0 Å². The summed E-state index contributed by atoms with van der Waals surface area (Å²) in [6.45, 7) is 5.92. The Morgan fingerprint density at radius 1 is 0.607 bits per heavy atom. The maximum atomic E-state index is 6.14. The van der Waals surface area contributed by atoms with Crippen LogP contribution in [0.4, 0.5) is 0 Å². The molecule has 0 aliphatic heterocycles. The number of halogens is 2. The fraction of sp³-hybridized carbons (Fsp3) is 0.417. The fourth-order valence-electron chi connectivity index (χ4n) is 3.38. The highest BCUT2D eigenvalue weighted by atomic mass is 79.9. The van der Waals surface area contributed by atoms with Crippen LogP contribution in [0.15, 0.2) is 45.3 Å². The van der Waals surface area contributed by atoms with Gasteiger partial charge in [0.25, 0.3) is 0 Å². The van der Waals surface area contributed by atoms with Crippen LogP contribution in [0.2, 0.25) is 0 Å². The largest absolute Gasteiger partial charge is 0.493 e. The number of fused-ring (bicyclic) bond motifs is 2. The normalized spacial score (nSPS) is 11.3. The number of unbranched alkanes of at least 4 members (excludes halogenated alkanes) is 4. The van der Waals surface area contributed by atoms with Crippen LogP contribution in [-0.4, -0.2) is 13.2 Å². The Balaban J connectivity index is 2.02. The zero-order chi connectivity index (χ0) is 19.9. The lowest BCUT2D eigenvalue weighted by Gasteiger charge is -2.15. The van der Waals surface area contributed by atoms with E-state index in [0.29, 0.717) is 0 Å². The van der Waals surface area contributed by atoms with E-state index in [1.54, 1.807) is 0 Å². The quantitative estimate of drug-likeness (QED) is 0.202. The average molecular weight is 508 g/mol.